The monoisotopic (exact) mass is 334 g/mol. The first-order valence-electron chi connectivity index (χ1n) is 7.29. The summed E-state index contributed by atoms with van der Waals surface area (Å²) in [4.78, 5) is 26.6. The number of hydrogen-bond donors (Lipinski definition) is 1. The molecule has 0 aliphatic carbocycles. The molecule has 1 fully saturated rings. The van der Waals surface area contributed by atoms with Gasteiger partial charge in [0.05, 0.1) is 0 Å². The third-order valence-corrected chi connectivity index (χ3v) is 3.69. The predicted molar refractivity (Wildman–Crippen MR) is 82.5 cm³/mol. The van der Waals surface area contributed by atoms with Crippen molar-refractivity contribution in [1.29, 1.82) is 5.26 Å². The Kier molecular flexibility index (Phi) is 5.47. The van der Waals surface area contributed by atoms with Gasteiger partial charge in [-0.25, -0.2) is 8.78 Å². The second kappa shape index (κ2) is 7.55. The molecule has 0 radical (unpaired) electrons. The minimum atomic E-state index is -0.828. The van der Waals surface area contributed by atoms with Gasteiger partial charge in [0.15, 0.2) is 0 Å². The molecule has 8 heteroatoms. The van der Waals surface area contributed by atoms with Crippen LogP contribution in [0.25, 0.3) is 0 Å². The van der Waals surface area contributed by atoms with Crippen LogP contribution >= 0.6 is 0 Å². The average Bonchev–Trinajstić information content (AvgIpc) is 2.57. The molecule has 24 heavy (non-hydrogen) atoms. The summed E-state index contributed by atoms with van der Waals surface area (Å²) in [5.74, 6) is -2.28. The van der Waals surface area contributed by atoms with E-state index < -0.39 is 23.2 Å². The summed E-state index contributed by atoms with van der Waals surface area (Å²) in [6, 6.07) is 5.06. The third-order valence-electron chi connectivity index (χ3n) is 3.69. The maximum Gasteiger partial charge on any atom is 0.266 e. The number of nitrogens with one attached hydrogen (secondary N) is 1. The van der Waals surface area contributed by atoms with E-state index in [1.807, 2.05) is 0 Å². The zero-order chi connectivity index (χ0) is 17.7. The summed E-state index contributed by atoms with van der Waals surface area (Å²) in [5.41, 5.74) is -0.701. The third kappa shape index (κ3) is 3.87. The Morgan fingerprint density at radius 3 is 2.21 bits per heavy atom. The molecule has 0 atom stereocenters. The van der Waals surface area contributed by atoms with Gasteiger partial charge >= 0.3 is 0 Å². The number of carbonyl (C=O) groups is 2. The van der Waals surface area contributed by atoms with Gasteiger partial charge < -0.3 is 15.1 Å². The molecule has 1 aliphatic heterocycles. The number of nitriles is 1. The van der Waals surface area contributed by atoms with Gasteiger partial charge in [-0.3, -0.25) is 9.59 Å². The number of halogens is 2. The van der Waals surface area contributed by atoms with Crippen LogP contribution in [0.2, 0.25) is 0 Å². The van der Waals surface area contributed by atoms with E-state index in [1.165, 1.54) is 17.9 Å². The highest BCUT2D eigenvalue weighted by atomic mass is 19.1. The summed E-state index contributed by atoms with van der Waals surface area (Å²) in [7, 11) is 0. The first kappa shape index (κ1) is 17.4. The topological polar surface area (TPSA) is 76.4 Å². The number of nitrogens with zero attached hydrogens (tertiary/aromatic N) is 3. The van der Waals surface area contributed by atoms with Crippen LogP contribution < -0.4 is 5.32 Å². The molecule has 1 aromatic carbocycles. The standard InChI is InChI=1S/C16H16F2N4O2/c1-11(23)21-5-7-22(8-6-21)16(24)12(9-19)10-20-15-13(17)3-2-4-14(15)18/h2-4,10,20H,5-8H2,1H3/b12-10-. The molecule has 0 aromatic heterocycles. The van der Waals surface area contributed by atoms with Crippen LogP contribution in [0.1, 0.15) is 6.92 Å². The van der Waals surface area contributed by atoms with Gasteiger partial charge in [-0.2, -0.15) is 5.26 Å². The molecular formula is C16H16F2N4O2. The number of rotatable bonds is 3. The molecule has 126 valence electrons. The SMILES string of the molecule is CC(=O)N1CCN(C(=O)/C(C#N)=C\Nc2c(F)cccc2F)CC1. The smallest absolute Gasteiger partial charge is 0.266 e. The van der Waals surface area contributed by atoms with Crippen molar-refractivity contribution >= 4 is 17.5 Å². The zero-order valence-electron chi connectivity index (χ0n) is 13.1. The van der Waals surface area contributed by atoms with Crippen LogP contribution in [-0.2, 0) is 9.59 Å². The predicted octanol–water partition coefficient (Wildman–Crippen LogP) is 1.47. The van der Waals surface area contributed by atoms with Gasteiger partial charge in [-0.1, -0.05) is 6.07 Å². The molecule has 6 nitrogen and oxygen atoms in total. The summed E-state index contributed by atoms with van der Waals surface area (Å²) in [5, 5.41) is 11.5. The van der Waals surface area contributed by atoms with Crippen LogP contribution in [-0.4, -0.2) is 47.8 Å². The lowest BCUT2D eigenvalue weighted by Crippen LogP contribution is -2.50. The molecule has 1 saturated heterocycles. The van der Waals surface area contributed by atoms with Crippen LogP contribution in [0, 0.1) is 23.0 Å². The van der Waals surface area contributed by atoms with Crippen LogP contribution in [0.3, 0.4) is 0 Å². The number of benzene rings is 1. The van der Waals surface area contributed by atoms with E-state index in [-0.39, 0.29) is 11.5 Å². The van der Waals surface area contributed by atoms with Gasteiger partial charge in [0.2, 0.25) is 5.91 Å². The van der Waals surface area contributed by atoms with Crippen LogP contribution in [0.15, 0.2) is 30.0 Å². The number of amides is 2. The molecular weight excluding hydrogens is 318 g/mol. The van der Waals surface area contributed by atoms with Gasteiger partial charge in [-0.05, 0) is 12.1 Å². The fourth-order valence-electron chi connectivity index (χ4n) is 2.32. The van der Waals surface area contributed by atoms with Crippen molar-refractivity contribution in [2.45, 2.75) is 6.92 Å². The Bertz CT molecular complexity index is 699. The highest BCUT2D eigenvalue weighted by Gasteiger charge is 2.24. The van der Waals surface area contributed by atoms with Crippen molar-refractivity contribution in [2.24, 2.45) is 0 Å². The minimum Gasteiger partial charge on any atom is -0.355 e. The first-order valence-corrected chi connectivity index (χ1v) is 7.29. The first-order chi connectivity index (χ1) is 11.4. The van der Waals surface area contributed by atoms with Crippen molar-refractivity contribution in [3.05, 3.63) is 41.6 Å². The molecule has 2 rings (SSSR count). The lowest BCUT2D eigenvalue weighted by molar-refractivity contribution is -0.136. The normalized spacial score (nSPS) is 15.0. The van der Waals surface area contributed by atoms with Crippen LogP contribution in [0.5, 0.6) is 0 Å². The largest absolute Gasteiger partial charge is 0.355 e. The summed E-state index contributed by atoms with van der Waals surface area (Å²) in [6.45, 7) is 2.81. The van der Waals surface area contributed by atoms with E-state index in [2.05, 4.69) is 5.32 Å². The van der Waals surface area contributed by atoms with Crippen molar-refractivity contribution in [1.82, 2.24) is 9.80 Å². The summed E-state index contributed by atoms with van der Waals surface area (Å²) >= 11 is 0. The summed E-state index contributed by atoms with van der Waals surface area (Å²) in [6.07, 6.45) is 0.987. The van der Waals surface area contributed by atoms with E-state index in [9.17, 15) is 18.4 Å². The van der Waals surface area contributed by atoms with Gasteiger partial charge in [0.25, 0.3) is 5.91 Å². The molecule has 1 aromatic rings. The minimum absolute atomic E-state index is 0.0742. The number of carbonyl (C=O) groups excluding carboxylic acids is 2. The van der Waals surface area contributed by atoms with Gasteiger partial charge in [0.1, 0.15) is 29.0 Å². The van der Waals surface area contributed by atoms with Gasteiger partial charge in [-0.15, -0.1) is 0 Å². The number of anilines is 1. The molecule has 0 unspecified atom stereocenters. The highest BCUT2D eigenvalue weighted by Crippen LogP contribution is 2.18. The number of piperazine rings is 1. The van der Waals surface area contributed by atoms with E-state index in [1.54, 1.807) is 11.0 Å². The fraction of sp³-hybridized carbons (Fsp3) is 0.312. The molecule has 1 heterocycles. The maximum atomic E-state index is 13.5. The van der Waals surface area contributed by atoms with Crippen molar-refractivity contribution in [2.75, 3.05) is 31.5 Å². The molecule has 0 bridgehead atoms. The van der Waals surface area contributed by atoms with E-state index >= 15 is 0 Å². The Hall–Kier alpha value is -2.95. The average molecular weight is 334 g/mol. The lowest BCUT2D eigenvalue weighted by Gasteiger charge is -2.34. The number of hydrogen-bond acceptors (Lipinski definition) is 4. The van der Waals surface area contributed by atoms with Crippen molar-refractivity contribution < 1.29 is 18.4 Å². The molecule has 1 aliphatic rings. The summed E-state index contributed by atoms with van der Waals surface area (Å²) < 4.78 is 27.1. The second-order valence-corrected chi connectivity index (χ2v) is 5.21. The fourth-order valence-corrected chi connectivity index (χ4v) is 2.32. The maximum absolute atomic E-state index is 13.5. The number of para-hydroxylation sites is 1. The Labute approximate surface area is 138 Å². The molecule has 0 saturated carbocycles. The van der Waals surface area contributed by atoms with Gasteiger partial charge in [0, 0.05) is 39.3 Å². The Balaban J connectivity index is 2.07. The van der Waals surface area contributed by atoms with E-state index in [4.69, 9.17) is 5.26 Å². The molecule has 1 N–H and O–H groups in total. The Morgan fingerprint density at radius 2 is 1.71 bits per heavy atom. The highest BCUT2D eigenvalue weighted by molar-refractivity contribution is 5.97. The van der Waals surface area contributed by atoms with Crippen molar-refractivity contribution in [3.63, 3.8) is 0 Å². The Morgan fingerprint density at radius 1 is 1.17 bits per heavy atom. The molecule has 0 spiro atoms. The quantitative estimate of drug-likeness (QED) is 0.671. The zero-order valence-corrected chi connectivity index (χ0v) is 13.1. The second-order valence-electron chi connectivity index (χ2n) is 5.21. The van der Waals surface area contributed by atoms with Crippen molar-refractivity contribution in [3.8, 4) is 6.07 Å². The van der Waals surface area contributed by atoms with E-state index in [0.717, 1.165) is 18.3 Å². The van der Waals surface area contributed by atoms with Crippen LogP contribution in [0.4, 0.5) is 14.5 Å². The van der Waals surface area contributed by atoms with E-state index in [0.29, 0.717) is 26.2 Å². The molecule has 2 amide bonds. The lowest BCUT2D eigenvalue weighted by atomic mass is 10.2.